The van der Waals surface area contributed by atoms with Gasteiger partial charge in [0.1, 0.15) is 10.8 Å². The Bertz CT molecular complexity index is 612. The lowest BCUT2D eigenvalue weighted by atomic mass is 10.2. The Morgan fingerprint density at radius 2 is 1.94 bits per heavy atom. The third-order valence-corrected chi connectivity index (χ3v) is 3.19. The molecule has 0 N–H and O–H groups in total. The summed E-state index contributed by atoms with van der Waals surface area (Å²) in [5.74, 6) is -0.402. The fraction of sp³-hybridized carbons (Fsp3) is 0.143. The van der Waals surface area contributed by atoms with E-state index in [0.29, 0.717) is 10.5 Å². The molecule has 2 rings (SSSR count). The van der Waals surface area contributed by atoms with Crippen LogP contribution in [-0.4, -0.2) is 4.98 Å². The summed E-state index contributed by atoms with van der Waals surface area (Å²) in [6.45, 7) is 3.91. The van der Waals surface area contributed by atoms with E-state index in [4.69, 9.17) is 5.26 Å². The Balaban J connectivity index is 2.34. The van der Waals surface area contributed by atoms with E-state index in [1.54, 1.807) is 6.07 Å². The molecule has 2 aromatic rings. The largest absolute Gasteiger partial charge is 0.246 e. The average molecular weight is 258 g/mol. The van der Waals surface area contributed by atoms with Crippen LogP contribution in [0.5, 0.6) is 0 Å². The van der Waals surface area contributed by atoms with Gasteiger partial charge in [0.05, 0.1) is 11.6 Å². The first-order chi connectivity index (χ1) is 8.56. The maximum Gasteiger partial charge on any atom is 0.125 e. The Labute approximate surface area is 109 Å². The number of rotatable bonds is 2. The Hall–Kier alpha value is -1.86. The Morgan fingerprint density at radius 3 is 2.61 bits per heavy atom. The average Bonchev–Trinajstić information content (AvgIpc) is 2.26. The summed E-state index contributed by atoms with van der Waals surface area (Å²) in [6.07, 6.45) is 0. The van der Waals surface area contributed by atoms with Crippen LogP contribution in [0.15, 0.2) is 40.3 Å². The molecule has 0 saturated heterocycles. The smallest absolute Gasteiger partial charge is 0.125 e. The topological polar surface area (TPSA) is 36.7 Å². The molecule has 0 atom stereocenters. The van der Waals surface area contributed by atoms with Crippen molar-refractivity contribution in [1.82, 2.24) is 4.98 Å². The second-order valence-corrected chi connectivity index (χ2v) is 5.11. The van der Waals surface area contributed by atoms with Gasteiger partial charge < -0.3 is 0 Å². The number of aromatic nitrogens is 1. The van der Waals surface area contributed by atoms with Gasteiger partial charge >= 0.3 is 0 Å². The molecule has 0 saturated carbocycles. The molecule has 0 radical (unpaired) electrons. The van der Waals surface area contributed by atoms with E-state index in [0.717, 1.165) is 16.3 Å². The zero-order valence-corrected chi connectivity index (χ0v) is 10.9. The molecule has 4 heteroatoms. The zero-order valence-electron chi connectivity index (χ0n) is 10.1. The first-order valence-corrected chi connectivity index (χ1v) is 6.22. The number of benzene rings is 1. The molecular formula is C14H11FN2S. The van der Waals surface area contributed by atoms with E-state index in [9.17, 15) is 4.39 Å². The van der Waals surface area contributed by atoms with Crippen molar-refractivity contribution >= 4 is 11.8 Å². The van der Waals surface area contributed by atoms with Crippen LogP contribution >= 0.6 is 11.8 Å². The number of aryl methyl sites for hydroxylation is 2. The van der Waals surface area contributed by atoms with E-state index in [1.807, 2.05) is 32.0 Å². The highest BCUT2D eigenvalue weighted by Gasteiger charge is 2.04. The molecule has 0 unspecified atom stereocenters. The zero-order chi connectivity index (χ0) is 13.1. The number of hydrogen-bond donors (Lipinski definition) is 0. The van der Waals surface area contributed by atoms with Crippen LogP contribution in [0.4, 0.5) is 4.39 Å². The van der Waals surface area contributed by atoms with Gasteiger partial charge in [-0.1, -0.05) is 11.8 Å². The lowest BCUT2D eigenvalue weighted by Gasteiger charge is -2.04. The van der Waals surface area contributed by atoms with Crippen molar-refractivity contribution in [1.29, 1.82) is 5.26 Å². The molecule has 0 amide bonds. The van der Waals surface area contributed by atoms with Crippen molar-refractivity contribution in [3.63, 3.8) is 0 Å². The second-order valence-electron chi connectivity index (χ2n) is 4.01. The van der Waals surface area contributed by atoms with Crippen LogP contribution in [0.2, 0.25) is 0 Å². The van der Waals surface area contributed by atoms with Gasteiger partial charge in [-0.05, 0) is 49.7 Å². The summed E-state index contributed by atoms with van der Waals surface area (Å²) in [6, 6.07) is 10.2. The van der Waals surface area contributed by atoms with Gasteiger partial charge in [-0.15, -0.1) is 0 Å². The third-order valence-electron chi connectivity index (χ3n) is 2.30. The highest BCUT2D eigenvalue weighted by atomic mass is 32.2. The highest BCUT2D eigenvalue weighted by molar-refractivity contribution is 7.99. The van der Waals surface area contributed by atoms with E-state index in [2.05, 4.69) is 4.98 Å². The SMILES string of the molecule is Cc1cc(C)nc(Sc2cc(F)cc(C#N)c2)c1. The van der Waals surface area contributed by atoms with Crippen molar-refractivity contribution in [3.8, 4) is 6.07 Å². The molecule has 0 aliphatic heterocycles. The van der Waals surface area contributed by atoms with Gasteiger partial charge in [-0.2, -0.15) is 5.26 Å². The van der Waals surface area contributed by atoms with Crippen LogP contribution in [-0.2, 0) is 0 Å². The fourth-order valence-corrected chi connectivity index (χ4v) is 2.70. The van der Waals surface area contributed by atoms with Crippen molar-refractivity contribution in [3.05, 3.63) is 53.0 Å². The third kappa shape index (κ3) is 3.08. The van der Waals surface area contributed by atoms with E-state index in [-0.39, 0.29) is 0 Å². The molecule has 90 valence electrons. The standard InChI is InChI=1S/C14H11FN2S/c1-9-3-10(2)17-14(4-9)18-13-6-11(8-16)5-12(15)7-13/h3-7H,1-2H3. The van der Waals surface area contributed by atoms with Crippen molar-refractivity contribution in [2.24, 2.45) is 0 Å². The summed E-state index contributed by atoms with van der Waals surface area (Å²) >= 11 is 1.36. The van der Waals surface area contributed by atoms with Gasteiger partial charge in [-0.25, -0.2) is 9.37 Å². The van der Waals surface area contributed by atoms with E-state index in [1.165, 1.54) is 23.9 Å². The predicted octanol–water partition coefficient (Wildman–Crippen LogP) is 3.86. The van der Waals surface area contributed by atoms with Crippen LogP contribution in [0, 0.1) is 31.0 Å². The second kappa shape index (κ2) is 5.19. The number of halogens is 1. The van der Waals surface area contributed by atoms with Crippen molar-refractivity contribution in [2.75, 3.05) is 0 Å². The van der Waals surface area contributed by atoms with Crippen LogP contribution < -0.4 is 0 Å². The molecule has 0 fully saturated rings. The molecule has 0 spiro atoms. The van der Waals surface area contributed by atoms with Gasteiger partial charge in [0.2, 0.25) is 0 Å². The Morgan fingerprint density at radius 1 is 1.17 bits per heavy atom. The number of nitrogens with zero attached hydrogens (tertiary/aromatic N) is 2. The lowest BCUT2D eigenvalue weighted by molar-refractivity contribution is 0.623. The normalized spacial score (nSPS) is 10.1. The van der Waals surface area contributed by atoms with Gasteiger partial charge in [0.15, 0.2) is 0 Å². The quantitative estimate of drug-likeness (QED) is 0.820. The summed E-state index contributed by atoms with van der Waals surface area (Å²) in [4.78, 5) is 5.06. The molecule has 2 nitrogen and oxygen atoms in total. The number of pyridine rings is 1. The highest BCUT2D eigenvalue weighted by Crippen LogP contribution is 2.28. The van der Waals surface area contributed by atoms with Crippen LogP contribution in [0.25, 0.3) is 0 Å². The predicted molar refractivity (Wildman–Crippen MR) is 68.9 cm³/mol. The van der Waals surface area contributed by atoms with Gasteiger partial charge in [0, 0.05) is 10.6 Å². The van der Waals surface area contributed by atoms with Gasteiger partial charge in [-0.3, -0.25) is 0 Å². The molecule has 1 aromatic heterocycles. The first kappa shape index (κ1) is 12.6. The van der Waals surface area contributed by atoms with Gasteiger partial charge in [0.25, 0.3) is 0 Å². The molecule has 1 heterocycles. The van der Waals surface area contributed by atoms with Crippen LogP contribution in [0.3, 0.4) is 0 Å². The summed E-state index contributed by atoms with van der Waals surface area (Å²) in [5.41, 5.74) is 2.36. The van der Waals surface area contributed by atoms with Crippen molar-refractivity contribution in [2.45, 2.75) is 23.8 Å². The molecule has 0 aliphatic carbocycles. The number of nitriles is 1. The lowest BCUT2D eigenvalue weighted by Crippen LogP contribution is -1.88. The molecule has 18 heavy (non-hydrogen) atoms. The molecule has 1 aromatic carbocycles. The molecular weight excluding hydrogens is 247 g/mol. The van der Waals surface area contributed by atoms with Crippen molar-refractivity contribution < 1.29 is 4.39 Å². The van der Waals surface area contributed by atoms with Crippen LogP contribution in [0.1, 0.15) is 16.8 Å². The minimum absolute atomic E-state index is 0.321. The first-order valence-electron chi connectivity index (χ1n) is 5.40. The monoisotopic (exact) mass is 258 g/mol. The summed E-state index contributed by atoms with van der Waals surface area (Å²) in [7, 11) is 0. The maximum absolute atomic E-state index is 13.3. The fourth-order valence-electron chi connectivity index (χ4n) is 1.66. The molecule has 0 aliphatic rings. The van der Waals surface area contributed by atoms with E-state index >= 15 is 0 Å². The summed E-state index contributed by atoms with van der Waals surface area (Å²) < 4.78 is 13.3. The minimum Gasteiger partial charge on any atom is -0.246 e. The summed E-state index contributed by atoms with van der Waals surface area (Å²) in [5, 5.41) is 9.61. The van der Waals surface area contributed by atoms with E-state index < -0.39 is 5.82 Å². The maximum atomic E-state index is 13.3. The Kier molecular flexibility index (Phi) is 3.63. The number of hydrogen-bond acceptors (Lipinski definition) is 3. The molecule has 0 bridgehead atoms. The minimum atomic E-state index is -0.402.